The number of carbonyl (C=O) groups excluding carboxylic acids is 1. The van der Waals surface area contributed by atoms with E-state index in [1.54, 1.807) is 24.5 Å². The Kier molecular flexibility index (Phi) is 3.65. The predicted octanol–water partition coefficient (Wildman–Crippen LogP) is 3.32. The van der Waals surface area contributed by atoms with Crippen molar-refractivity contribution in [2.75, 3.05) is 18.4 Å². The number of hydrogen-bond donors (Lipinski definition) is 1. The van der Waals surface area contributed by atoms with Crippen LogP contribution in [-0.4, -0.2) is 34.9 Å². The molecule has 2 atom stereocenters. The van der Waals surface area contributed by atoms with E-state index < -0.39 is 0 Å². The lowest BCUT2D eigenvalue weighted by atomic mass is 9.94. The molecular weight excluding hydrogens is 298 g/mol. The minimum Gasteiger partial charge on any atom is -0.322 e. The number of rotatable bonds is 4. The summed E-state index contributed by atoms with van der Waals surface area (Å²) in [6.45, 7) is 6.93. The van der Waals surface area contributed by atoms with Crippen LogP contribution in [0.2, 0.25) is 0 Å². The number of amides is 1. The van der Waals surface area contributed by atoms with Gasteiger partial charge in [-0.3, -0.25) is 14.7 Å². The number of nitrogens with zero attached hydrogens (tertiary/aromatic N) is 2. The first-order chi connectivity index (χ1) is 11.6. The van der Waals surface area contributed by atoms with Gasteiger partial charge in [-0.1, -0.05) is 12.1 Å². The molecule has 1 aliphatic heterocycles. The first-order valence-electron chi connectivity index (χ1n) is 8.64. The van der Waals surface area contributed by atoms with E-state index in [1.165, 1.54) is 18.5 Å². The maximum absolute atomic E-state index is 12.2. The summed E-state index contributed by atoms with van der Waals surface area (Å²) in [6, 6.07) is 12.6. The van der Waals surface area contributed by atoms with Crippen molar-refractivity contribution >= 4 is 11.6 Å². The molecule has 2 fully saturated rings. The predicted molar refractivity (Wildman–Crippen MR) is 95.1 cm³/mol. The van der Waals surface area contributed by atoms with Crippen LogP contribution in [0, 0.1) is 5.92 Å². The molecule has 1 N–H and O–H groups in total. The molecule has 2 aromatic rings. The van der Waals surface area contributed by atoms with Crippen LogP contribution >= 0.6 is 0 Å². The summed E-state index contributed by atoms with van der Waals surface area (Å²) in [6.07, 6.45) is 4.55. The number of carbonyl (C=O) groups is 1. The van der Waals surface area contributed by atoms with E-state index in [4.69, 9.17) is 0 Å². The van der Waals surface area contributed by atoms with Crippen LogP contribution in [0.1, 0.15) is 36.2 Å². The lowest BCUT2D eigenvalue weighted by Crippen LogP contribution is -2.32. The van der Waals surface area contributed by atoms with Gasteiger partial charge in [-0.15, -0.1) is 0 Å². The number of benzene rings is 1. The minimum atomic E-state index is -0.120. The summed E-state index contributed by atoms with van der Waals surface area (Å²) in [7, 11) is 0. The van der Waals surface area contributed by atoms with Crippen LogP contribution in [0.15, 0.2) is 48.8 Å². The fourth-order valence-electron chi connectivity index (χ4n) is 3.95. The molecule has 24 heavy (non-hydrogen) atoms. The SMILES string of the molecule is CC(C)N1CC2CC2(c2ccc(NC(=O)c3cccnc3)cc2)C1. The van der Waals surface area contributed by atoms with Gasteiger partial charge in [-0.05, 0) is 56.0 Å². The fraction of sp³-hybridized carbons (Fsp3) is 0.400. The number of anilines is 1. The van der Waals surface area contributed by atoms with E-state index in [0.29, 0.717) is 17.0 Å². The molecule has 0 spiro atoms. The van der Waals surface area contributed by atoms with E-state index >= 15 is 0 Å². The highest BCUT2D eigenvalue weighted by molar-refractivity contribution is 6.04. The van der Waals surface area contributed by atoms with E-state index in [1.807, 2.05) is 12.1 Å². The largest absolute Gasteiger partial charge is 0.322 e. The fourth-order valence-corrected chi connectivity index (χ4v) is 3.95. The van der Waals surface area contributed by atoms with Crippen LogP contribution in [0.5, 0.6) is 0 Å². The Morgan fingerprint density at radius 2 is 2.08 bits per heavy atom. The molecule has 1 saturated carbocycles. The number of nitrogens with one attached hydrogen (secondary N) is 1. The van der Waals surface area contributed by atoms with Gasteiger partial charge in [0.1, 0.15) is 0 Å². The highest BCUT2D eigenvalue weighted by atomic mass is 16.1. The zero-order valence-electron chi connectivity index (χ0n) is 14.2. The van der Waals surface area contributed by atoms with Gasteiger partial charge in [0.2, 0.25) is 0 Å². The molecule has 2 heterocycles. The van der Waals surface area contributed by atoms with Gasteiger partial charge in [-0.25, -0.2) is 0 Å². The number of piperidine rings is 1. The summed E-state index contributed by atoms with van der Waals surface area (Å²) in [4.78, 5) is 18.7. The molecule has 1 aromatic carbocycles. The Bertz CT molecular complexity index is 741. The molecule has 2 aliphatic rings. The van der Waals surface area contributed by atoms with E-state index in [0.717, 1.165) is 18.2 Å². The van der Waals surface area contributed by atoms with Crippen molar-refractivity contribution in [3.63, 3.8) is 0 Å². The maximum Gasteiger partial charge on any atom is 0.257 e. The van der Waals surface area contributed by atoms with Crippen LogP contribution in [0.25, 0.3) is 0 Å². The normalized spacial score (nSPS) is 25.5. The van der Waals surface area contributed by atoms with Crippen molar-refractivity contribution in [2.24, 2.45) is 5.92 Å². The van der Waals surface area contributed by atoms with Crippen molar-refractivity contribution in [2.45, 2.75) is 31.7 Å². The van der Waals surface area contributed by atoms with Crippen molar-refractivity contribution in [3.8, 4) is 0 Å². The lowest BCUT2D eigenvalue weighted by molar-refractivity contribution is 0.102. The summed E-state index contributed by atoms with van der Waals surface area (Å²) in [5.41, 5.74) is 3.18. The first kappa shape index (κ1) is 15.3. The number of likely N-dealkylation sites (tertiary alicyclic amines) is 1. The van der Waals surface area contributed by atoms with Crippen LogP contribution in [0.3, 0.4) is 0 Å². The van der Waals surface area contributed by atoms with Crippen LogP contribution < -0.4 is 5.32 Å². The van der Waals surface area contributed by atoms with Gasteiger partial charge < -0.3 is 5.32 Å². The highest BCUT2D eigenvalue weighted by Gasteiger charge is 2.60. The standard InChI is InChI=1S/C20H23N3O/c1-14(2)23-12-17-10-20(17,13-23)16-5-7-18(8-6-16)22-19(24)15-4-3-9-21-11-15/h3-9,11,14,17H,10,12-13H2,1-2H3,(H,22,24). The monoisotopic (exact) mass is 321 g/mol. The molecular formula is C20H23N3O. The number of aromatic nitrogens is 1. The maximum atomic E-state index is 12.2. The van der Waals surface area contributed by atoms with E-state index in [-0.39, 0.29) is 5.91 Å². The second-order valence-electron chi connectivity index (χ2n) is 7.35. The van der Waals surface area contributed by atoms with Crippen molar-refractivity contribution in [3.05, 3.63) is 59.9 Å². The molecule has 1 aliphatic carbocycles. The van der Waals surface area contributed by atoms with Crippen molar-refractivity contribution in [1.29, 1.82) is 0 Å². The molecule has 4 heteroatoms. The topological polar surface area (TPSA) is 45.2 Å². The smallest absolute Gasteiger partial charge is 0.257 e. The van der Waals surface area contributed by atoms with Crippen molar-refractivity contribution < 1.29 is 4.79 Å². The quantitative estimate of drug-likeness (QED) is 0.939. The zero-order chi connectivity index (χ0) is 16.7. The number of pyridine rings is 1. The third kappa shape index (κ3) is 2.61. The zero-order valence-corrected chi connectivity index (χ0v) is 14.2. The lowest BCUT2D eigenvalue weighted by Gasteiger charge is -2.24. The third-order valence-electron chi connectivity index (χ3n) is 5.54. The van der Waals surface area contributed by atoms with Crippen LogP contribution in [0.4, 0.5) is 5.69 Å². The van der Waals surface area contributed by atoms with Gasteiger partial charge in [0.05, 0.1) is 5.56 Å². The van der Waals surface area contributed by atoms with E-state index in [9.17, 15) is 4.79 Å². The molecule has 4 nitrogen and oxygen atoms in total. The Balaban J connectivity index is 1.46. The molecule has 0 radical (unpaired) electrons. The third-order valence-corrected chi connectivity index (χ3v) is 5.54. The first-order valence-corrected chi connectivity index (χ1v) is 8.64. The molecule has 4 rings (SSSR count). The van der Waals surface area contributed by atoms with Crippen LogP contribution in [-0.2, 0) is 5.41 Å². The molecule has 124 valence electrons. The minimum absolute atomic E-state index is 0.120. The molecule has 1 saturated heterocycles. The Labute approximate surface area is 142 Å². The average Bonchev–Trinajstić information content (AvgIpc) is 3.17. The van der Waals surface area contributed by atoms with E-state index in [2.05, 4.69) is 41.2 Å². The van der Waals surface area contributed by atoms with Gasteiger partial charge in [0.25, 0.3) is 5.91 Å². The van der Waals surface area contributed by atoms with Gasteiger partial charge in [0.15, 0.2) is 0 Å². The number of fused-ring (bicyclic) bond motifs is 1. The second-order valence-corrected chi connectivity index (χ2v) is 7.35. The summed E-state index contributed by atoms with van der Waals surface area (Å²) >= 11 is 0. The molecule has 1 aromatic heterocycles. The highest BCUT2D eigenvalue weighted by Crippen LogP contribution is 2.59. The summed E-state index contributed by atoms with van der Waals surface area (Å²) < 4.78 is 0. The number of hydrogen-bond acceptors (Lipinski definition) is 3. The summed E-state index contributed by atoms with van der Waals surface area (Å²) in [5, 5.41) is 2.94. The Morgan fingerprint density at radius 3 is 2.71 bits per heavy atom. The molecule has 1 amide bonds. The second kappa shape index (κ2) is 5.71. The Morgan fingerprint density at radius 1 is 1.29 bits per heavy atom. The average molecular weight is 321 g/mol. The molecule has 2 unspecified atom stereocenters. The van der Waals surface area contributed by atoms with Gasteiger partial charge >= 0.3 is 0 Å². The van der Waals surface area contributed by atoms with Gasteiger partial charge in [-0.2, -0.15) is 0 Å². The molecule has 0 bridgehead atoms. The van der Waals surface area contributed by atoms with Gasteiger partial charge in [0, 0.05) is 42.6 Å². The Hall–Kier alpha value is -2.20. The summed E-state index contributed by atoms with van der Waals surface area (Å²) in [5.74, 6) is 0.681. The van der Waals surface area contributed by atoms with Crippen molar-refractivity contribution in [1.82, 2.24) is 9.88 Å².